The topological polar surface area (TPSA) is 91.7 Å². The number of anilines is 1. The summed E-state index contributed by atoms with van der Waals surface area (Å²) in [6, 6.07) is 3.85. The third-order valence-electron chi connectivity index (χ3n) is 5.50. The Hall–Kier alpha value is -2.43. The molecule has 162 valence electrons. The normalized spacial score (nSPS) is 23.5. The predicted octanol–water partition coefficient (Wildman–Crippen LogP) is 3.28. The maximum absolute atomic E-state index is 13.5. The summed E-state index contributed by atoms with van der Waals surface area (Å²) >= 11 is 0. The van der Waals surface area contributed by atoms with E-state index >= 15 is 0 Å². The third kappa shape index (κ3) is 4.66. The van der Waals surface area contributed by atoms with Crippen LogP contribution in [0.4, 0.5) is 19.0 Å². The fourth-order valence-electron chi connectivity index (χ4n) is 3.64. The molecule has 0 spiro atoms. The van der Waals surface area contributed by atoms with E-state index in [1.807, 2.05) is 0 Å². The zero-order chi connectivity index (χ0) is 21.5. The molecule has 0 unspecified atom stereocenters. The zero-order valence-corrected chi connectivity index (χ0v) is 16.8. The number of pyridine rings is 1. The molecule has 0 saturated heterocycles. The molecule has 2 aliphatic carbocycles. The first-order chi connectivity index (χ1) is 14.1. The van der Waals surface area contributed by atoms with Gasteiger partial charge in [-0.15, -0.1) is 4.40 Å². The number of hydrogen-bond acceptors (Lipinski definition) is 4. The predicted molar refractivity (Wildman–Crippen MR) is 104 cm³/mol. The van der Waals surface area contributed by atoms with Crippen molar-refractivity contribution in [3.63, 3.8) is 0 Å². The highest BCUT2D eigenvalue weighted by atomic mass is 32.2. The second kappa shape index (κ2) is 7.68. The third-order valence-corrected chi connectivity index (χ3v) is 6.84. The molecule has 1 aliphatic heterocycles. The van der Waals surface area contributed by atoms with E-state index < -0.39 is 33.9 Å². The van der Waals surface area contributed by atoms with Crippen LogP contribution in [0.2, 0.25) is 0 Å². The lowest BCUT2D eigenvalue weighted by Crippen LogP contribution is -2.41. The van der Waals surface area contributed by atoms with Crippen LogP contribution >= 0.6 is 0 Å². The van der Waals surface area contributed by atoms with Crippen molar-refractivity contribution < 1.29 is 26.4 Å². The highest BCUT2D eigenvalue weighted by Crippen LogP contribution is 2.39. The first-order valence-corrected chi connectivity index (χ1v) is 11.2. The summed E-state index contributed by atoms with van der Waals surface area (Å²) in [6.07, 6.45) is 2.51. The number of carbonyl (C=O) groups is 1. The zero-order valence-electron chi connectivity index (χ0n) is 16.0. The van der Waals surface area contributed by atoms with Crippen LogP contribution in [-0.2, 0) is 15.0 Å². The van der Waals surface area contributed by atoms with Crippen LogP contribution in [0.1, 0.15) is 38.5 Å². The number of carbonyl (C=O) groups excluding carboxylic acids is 1. The van der Waals surface area contributed by atoms with Gasteiger partial charge in [-0.25, -0.2) is 18.1 Å². The van der Waals surface area contributed by atoms with E-state index in [4.69, 9.17) is 0 Å². The minimum absolute atomic E-state index is 0.0639. The highest BCUT2D eigenvalue weighted by molar-refractivity contribution is 7.88. The SMILES string of the molecule is O=C(Nc1cccc(F)n1)C1=CC(C2CCC(F)(F)CC2)=NS(=O)(=O)N1CC1CC1. The Labute approximate surface area is 172 Å². The smallest absolute Gasteiger partial charge is 0.305 e. The van der Waals surface area contributed by atoms with Crippen molar-refractivity contribution in [2.75, 3.05) is 11.9 Å². The first kappa shape index (κ1) is 20.8. The molecule has 0 bridgehead atoms. The monoisotopic (exact) mass is 442 g/mol. The van der Waals surface area contributed by atoms with E-state index in [-0.39, 0.29) is 55.4 Å². The van der Waals surface area contributed by atoms with Crippen LogP contribution in [-0.4, -0.2) is 41.8 Å². The Bertz CT molecular complexity index is 1010. The number of rotatable bonds is 5. The summed E-state index contributed by atoms with van der Waals surface area (Å²) in [4.78, 5) is 16.4. The molecule has 30 heavy (non-hydrogen) atoms. The largest absolute Gasteiger partial charge is 0.345 e. The number of allylic oxidation sites excluding steroid dienone is 1. The van der Waals surface area contributed by atoms with E-state index in [2.05, 4.69) is 14.7 Å². The van der Waals surface area contributed by atoms with Crippen molar-refractivity contribution >= 4 is 27.6 Å². The van der Waals surface area contributed by atoms with Crippen LogP contribution in [0.15, 0.2) is 34.4 Å². The summed E-state index contributed by atoms with van der Waals surface area (Å²) < 4.78 is 70.8. The molecule has 7 nitrogen and oxygen atoms in total. The second-order valence-corrected chi connectivity index (χ2v) is 9.45. The highest BCUT2D eigenvalue weighted by Gasteiger charge is 2.41. The van der Waals surface area contributed by atoms with Gasteiger partial charge in [0.05, 0.1) is 5.71 Å². The molecule has 0 atom stereocenters. The molecule has 1 N–H and O–H groups in total. The maximum atomic E-state index is 13.5. The van der Waals surface area contributed by atoms with E-state index in [0.717, 1.165) is 23.2 Å². The average molecular weight is 442 g/mol. The lowest BCUT2D eigenvalue weighted by molar-refractivity contribution is -0.113. The number of hydrogen-bond donors (Lipinski definition) is 1. The van der Waals surface area contributed by atoms with Gasteiger partial charge in [-0.05, 0) is 49.8 Å². The van der Waals surface area contributed by atoms with E-state index in [1.165, 1.54) is 18.2 Å². The van der Waals surface area contributed by atoms with Crippen LogP contribution in [0.3, 0.4) is 0 Å². The van der Waals surface area contributed by atoms with Gasteiger partial charge in [0.25, 0.3) is 5.91 Å². The second-order valence-electron chi connectivity index (χ2n) is 7.93. The van der Waals surface area contributed by atoms with E-state index in [0.29, 0.717) is 0 Å². The Balaban J connectivity index is 1.63. The van der Waals surface area contributed by atoms with Gasteiger partial charge in [0.1, 0.15) is 11.5 Å². The molecule has 3 aliphatic rings. The van der Waals surface area contributed by atoms with Crippen LogP contribution in [0.25, 0.3) is 0 Å². The van der Waals surface area contributed by atoms with Crippen LogP contribution in [0, 0.1) is 17.8 Å². The van der Waals surface area contributed by atoms with Crippen molar-refractivity contribution in [1.29, 1.82) is 0 Å². The summed E-state index contributed by atoms with van der Waals surface area (Å²) in [5, 5.41) is 2.41. The van der Waals surface area contributed by atoms with Gasteiger partial charge in [-0.1, -0.05) is 6.07 Å². The van der Waals surface area contributed by atoms with Crippen LogP contribution < -0.4 is 5.32 Å². The fourth-order valence-corrected chi connectivity index (χ4v) is 4.99. The average Bonchev–Trinajstić information content (AvgIpc) is 3.47. The van der Waals surface area contributed by atoms with Gasteiger partial charge in [0.2, 0.25) is 11.9 Å². The van der Waals surface area contributed by atoms with Gasteiger partial charge in [-0.2, -0.15) is 12.8 Å². The number of alkyl halides is 2. The summed E-state index contributed by atoms with van der Waals surface area (Å²) in [5.74, 6) is -4.74. The Kier molecular flexibility index (Phi) is 5.33. The van der Waals surface area contributed by atoms with E-state index in [9.17, 15) is 26.4 Å². The maximum Gasteiger partial charge on any atom is 0.345 e. The standard InChI is InChI=1S/C19H21F3N4O3S/c20-16-2-1-3-17(23-16)24-18(27)15-10-14(13-6-8-19(21,22)9-7-13)25-30(28,29)26(15)11-12-4-5-12/h1-3,10,12-13H,4-9,11H2,(H,23,24,27). The van der Waals surface area contributed by atoms with Crippen LogP contribution in [0.5, 0.6) is 0 Å². The van der Waals surface area contributed by atoms with Crippen molar-refractivity contribution in [2.24, 2.45) is 16.2 Å². The summed E-state index contributed by atoms with van der Waals surface area (Å²) in [7, 11) is -4.19. The van der Waals surface area contributed by atoms with Gasteiger partial charge in [0, 0.05) is 25.3 Å². The summed E-state index contributed by atoms with van der Waals surface area (Å²) in [6.45, 7) is 0.109. The van der Waals surface area contributed by atoms with Gasteiger partial charge < -0.3 is 5.32 Å². The quantitative estimate of drug-likeness (QED) is 0.709. The molecule has 0 radical (unpaired) electrons. The number of amides is 1. The Morgan fingerprint density at radius 2 is 1.90 bits per heavy atom. The Morgan fingerprint density at radius 1 is 1.20 bits per heavy atom. The number of halogens is 3. The Morgan fingerprint density at radius 3 is 2.53 bits per heavy atom. The minimum Gasteiger partial charge on any atom is -0.305 e. The number of nitrogens with one attached hydrogen (secondary N) is 1. The van der Waals surface area contributed by atoms with Crippen molar-refractivity contribution in [3.8, 4) is 0 Å². The molecule has 11 heteroatoms. The van der Waals surface area contributed by atoms with E-state index in [1.54, 1.807) is 0 Å². The fraction of sp³-hybridized carbons (Fsp3) is 0.526. The first-order valence-electron chi connectivity index (χ1n) is 9.79. The number of nitrogens with zero attached hydrogens (tertiary/aromatic N) is 3. The lowest BCUT2D eigenvalue weighted by Gasteiger charge is -2.32. The molecule has 4 rings (SSSR count). The molecule has 0 aromatic carbocycles. The molecule has 1 aromatic rings. The molecular formula is C19H21F3N4O3S. The van der Waals surface area contributed by atoms with Crippen molar-refractivity contribution in [2.45, 2.75) is 44.4 Å². The van der Waals surface area contributed by atoms with Gasteiger partial charge >= 0.3 is 10.2 Å². The molecule has 2 saturated carbocycles. The van der Waals surface area contributed by atoms with Gasteiger partial charge in [-0.3, -0.25) is 4.79 Å². The molecular weight excluding hydrogens is 421 g/mol. The van der Waals surface area contributed by atoms with Gasteiger partial charge in [0.15, 0.2) is 0 Å². The minimum atomic E-state index is -4.19. The molecule has 2 heterocycles. The summed E-state index contributed by atoms with van der Waals surface area (Å²) in [5.41, 5.74) is -0.0507. The number of aromatic nitrogens is 1. The molecule has 1 aromatic heterocycles. The van der Waals surface area contributed by atoms with Crippen molar-refractivity contribution in [1.82, 2.24) is 9.29 Å². The molecule has 2 fully saturated rings. The molecule has 1 amide bonds. The van der Waals surface area contributed by atoms with Crippen molar-refractivity contribution in [3.05, 3.63) is 35.9 Å². The lowest BCUT2D eigenvalue weighted by atomic mass is 9.83.